The van der Waals surface area contributed by atoms with Crippen molar-refractivity contribution >= 4 is 37.1 Å². The van der Waals surface area contributed by atoms with Crippen molar-refractivity contribution in [2.75, 3.05) is 25.2 Å². The Labute approximate surface area is 218 Å². The van der Waals surface area contributed by atoms with E-state index in [4.69, 9.17) is 15.6 Å². The number of aliphatic hydroxyl groups excluding tert-OH is 1. The van der Waals surface area contributed by atoms with Gasteiger partial charge in [0, 0.05) is 0 Å². The molecule has 0 radical (unpaired) electrons. The zero-order chi connectivity index (χ0) is 24.4. The number of sulfone groups is 1. The van der Waals surface area contributed by atoms with E-state index < -0.39 is 37.2 Å². The van der Waals surface area contributed by atoms with Crippen LogP contribution in [0.2, 0.25) is 0 Å². The summed E-state index contributed by atoms with van der Waals surface area (Å²) in [6, 6.07) is 9.04. The van der Waals surface area contributed by atoms with Crippen molar-refractivity contribution < 1.29 is 60.8 Å². The van der Waals surface area contributed by atoms with Crippen molar-refractivity contribution in [3.05, 3.63) is 48.2 Å². The Morgan fingerprint density at radius 3 is 2.26 bits per heavy atom. The van der Waals surface area contributed by atoms with E-state index in [2.05, 4.69) is 15.3 Å². The van der Waals surface area contributed by atoms with E-state index in [-0.39, 0.29) is 57.4 Å². The number of ether oxygens (including phenoxy) is 1. The first-order valence-corrected chi connectivity index (χ1v) is 12.4. The second-order valence-corrected chi connectivity index (χ2v) is 10.2. The van der Waals surface area contributed by atoms with Gasteiger partial charge in [0.25, 0.3) is 0 Å². The number of azo groups is 1. The molecular formula is C19H20N5NaO7S2. The van der Waals surface area contributed by atoms with Crippen LogP contribution in [0, 0.1) is 6.92 Å². The molecule has 0 saturated heterocycles. The topological polar surface area (TPSA) is 189 Å². The molecule has 0 unspecified atom stereocenters. The largest absolute Gasteiger partial charge is 1.00 e. The summed E-state index contributed by atoms with van der Waals surface area (Å²) in [6.45, 7) is 1.10. The minimum absolute atomic E-state index is 0. The minimum Gasteiger partial charge on any atom is -0.744 e. The third kappa shape index (κ3) is 6.02. The SMILES string of the molecule is COc1ccc(S(=O)(=O)CCO)cc1N=Nc1c(C)nn(-c2ccc(S(=O)(=O)[O-])cc2)c1N.[Na+]. The van der Waals surface area contributed by atoms with Crippen LogP contribution in [0.15, 0.2) is 62.5 Å². The maximum Gasteiger partial charge on any atom is 1.00 e. The van der Waals surface area contributed by atoms with E-state index >= 15 is 0 Å². The fraction of sp³-hybridized carbons (Fsp3) is 0.211. The Morgan fingerprint density at radius 2 is 1.71 bits per heavy atom. The smallest absolute Gasteiger partial charge is 0.744 e. The minimum atomic E-state index is -4.59. The van der Waals surface area contributed by atoms with Gasteiger partial charge in [0.1, 0.15) is 21.6 Å². The molecule has 0 aliphatic carbocycles. The summed E-state index contributed by atoms with van der Waals surface area (Å²) in [5, 5.41) is 21.4. The summed E-state index contributed by atoms with van der Waals surface area (Å²) in [5.41, 5.74) is 7.24. The average Bonchev–Trinajstić information content (AvgIpc) is 3.04. The molecule has 0 atom stereocenters. The Bertz CT molecular complexity index is 1420. The van der Waals surface area contributed by atoms with Crippen LogP contribution in [-0.4, -0.2) is 55.7 Å². The van der Waals surface area contributed by atoms with Crippen LogP contribution in [0.5, 0.6) is 5.75 Å². The number of hydrogen-bond acceptors (Lipinski definition) is 11. The molecular weight excluding hydrogens is 497 g/mol. The summed E-state index contributed by atoms with van der Waals surface area (Å²) in [7, 11) is -6.92. The number of methoxy groups -OCH3 is 1. The van der Waals surface area contributed by atoms with Crippen molar-refractivity contribution in [3.63, 3.8) is 0 Å². The predicted molar refractivity (Wildman–Crippen MR) is 117 cm³/mol. The van der Waals surface area contributed by atoms with Crippen LogP contribution in [0.4, 0.5) is 17.2 Å². The van der Waals surface area contributed by atoms with Crippen LogP contribution < -0.4 is 40.0 Å². The van der Waals surface area contributed by atoms with Crippen molar-refractivity contribution in [1.82, 2.24) is 9.78 Å². The van der Waals surface area contributed by atoms with E-state index in [1.807, 2.05) is 0 Å². The fourth-order valence-electron chi connectivity index (χ4n) is 2.89. The molecule has 176 valence electrons. The Morgan fingerprint density at radius 1 is 1.09 bits per heavy atom. The average molecular weight is 518 g/mol. The maximum atomic E-state index is 12.2. The van der Waals surface area contributed by atoms with Crippen molar-refractivity contribution in [2.24, 2.45) is 10.2 Å². The Balaban J connectivity index is 0.00000408. The van der Waals surface area contributed by atoms with Crippen LogP contribution >= 0.6 is 0 Å². The van der Waals surface area contributed by atoms with Crippen molar-refractivity contribution in [3.8, 4) is 11.4 Å². The van der Waals surface area contributed by atoms with Crippen LogP contribution in [0.1, 0.15) is 5.69 Å². The Hall–Kier alpha value is -2.33. The molecule has 34 heavy (non-hydrogen) atoms. The van der Waals surface area contributed by atoms with Crippen molar-refractivity contribution in [2.45, 2.75) is 16.7 Å². The van der Waals surface area contributed by atoms with Gasteiger partial charge in [-0.3, -0.25) is 0 Å². The number of nitrogens with two attached hydrogens (primary N) is 1. The molecule has 1 aromatic heterocycles. The molecule has 12 nitrogen and oxygen atoms in total. The number of aromatic nitrogens is 2. The molecule has 0 amide bonds. The molecule has 3 rings (SSSR count). The molecule has 2 aromatic carbocycles. The summed E-state index contributed by atoms with van der Waals surface area (Å²) < 4.78 is 64.3. The number of aryl methyl sites for hydroxylation is 1. The summed E-state index contributed by atoms with van der Waals surface area (Å²) >= 11 is 0. The van der Waals surface area contributed by atoms with Crippen LogP contribution in [0.25, 0.3) is 5.69 Å². The first-order chi connectivity index (χ1) is 15.5. The Kier molecular flexibility index (Phi) is 8.98. The monoisotopic (exact) mass is 517 g/mol. The van der Waals surface area contributed by atoms with Gasteiger partial charge in [0.2, 0.25) is 0 Å². The third-order valence-corrected chi connectivity index (χ3v) is 7.10. The summed E-state index contributed by atoms with van der Waals surface area (Å²) in [6.07, 6.45) is 0. The van der Waals surface area contributed by atoms with Crippen LogP contribution in [-0.2, 0) is 20.0 Å². The zero-order valence-electron chi connectivity index (χ0n) is 18.5. The quantitative estimate of drug-likeness (QED) is 0.211. The molecule has 0 fully saturated rings. The van der Waals surface area contributed by atoms with E-state index in [0.29, 0.717) is 11.4 Å². The first-order valence-electron chi connectivity index (χ1n) is 9.32. The van der Waals surface area contributed by atoms with E-state index in [9.17, 15) is 21.4 Å². The van der Waals surface area contributed by atoms with Gasteiger partial charge in [-0.2, -0.15) is 5.10 Å². The fourth-order valence-corrected chi connectivity index (χ4v) is 4.41. The zero-order valence-corrected chi connectivity index (χ0v) is 22.2. The molecule has 0 bridgehead atoms. The molecule has 15 heteroatoms. The number of benzene rings is 2. The van der Waals surface area contributed by atoms with Gasteiger partial charge in [-0.15, -0.1) is 10.2 Å². The molecule has 3 N–H and O–H groups in total. The molecule has 3 aromatic rings. The normalized spacial score (nSPS) is 12.0. The maximum absolute atomic E-state index is 12.2. The molecule has 0 spiro atoms. The second kappa shape index (κ2) is 10.9. The number of nitrogen functional groups attached to an aromatic ring is 1. The first kappa shape index (κ1) is 27.9. The van der Waals surface area contributed by atoms with Gasteiger partial charge in [-0.05, 0) is 49.4 Å². The number of nitrogens with zero attached hydrogens (tertiary/aromatic N) is 4. The summed E-state index contributed by atoms with van der Waals surface area (Å²) in [4.78, 5) is -0.447. The number of rotatable bonds is 8. The molecule has 1 heterocycles. The predicted octanol–water partition coefficient (Wildman–Crippen LogP) is -1.14. The molecule has 0 saturated carbocycles. The van der Waals surface area contributed by atoms with Gasteiger partial charge in [-0.25, -0.2) is 21.5 Å². The summed E-state index contributed by atoms with van der Waals surface area (Å²) in [5.74, 6) is -0.0991. The molecule has 0 aliphatic rings. The van der Waals surface area contributed by atoms with Gasteiger partial charge in [-0.1, -0.05) is 0 Å². The van der Waals surface area contributed by atoms with Gasteiger partial charge < -0.3 is 20.1 Å². The standard InChI is InChI=1S/C19H21N5O7S2.Na/c1-12-18(19(20)24(23-12)13-3-5-14(6-4-13)33(28,29)30)22-21-16-11-15(7-8-17(16)31-2)32(26,27)10-9-25;/h3-8,11,25H,9-10,20H2,1-2H3,(H,28,29,30);/q;+1/p-1. The number of aliphatic hydroxyl groups is 1. The van der Waals surface area contributed by atoms with E-state index in [1.165, 1.54) is 42.1 Å². The van der Waals surface area contributed by atoms with Crippen molar-refractivity contribution in [1.29, 1.82) is 0 Å². The molecule has 0 aliphatic heterocycles. The number of anilines is 1. The number of hydrogen-bond donors (Lipinski definition) is 2. The van der Waals surface area contributed by atoms with Gasteiger partial charge in [0.15, 0.2) is 21.3 Å². The van der Waals surface area contributed by atoms with E-state index in [1.54, 1.807) is 6.92 Å². The van der Waals surface area contributed by atoms with Gasteiger partial charge in [0.05, 0.1) is 40.6 Å². The van der Waals surface area contributed by atoms with Crippen LogP contribution in [0.3, 0.4) is 0 Å². The second-order valence-electron chi connectivity index (χ2n) is 6.76. The van der Waals surface area contributed by atoms with Gasteiger partial charge >= 0.3 is 29.6 Å². The van der Waals surface area contributed by atoms with E-state index in [0.717, 1.165) is 12.1 Å². The third-order valence-electron chi connectivity index (χ3n) is 4.56.